The molecule has 2 rings (SSSR count). The zero-order valence-electron chi connectivity index (χ0n) is 15.2. The molecule has 1 amide bonds. The van der Waals surface area contributed by atoms with Crippen molar-refractivity contribution < 1.29 is 9.53 Å². The van der Waals surface area contributed by atoms with Crippen LogP contribution in [0.5, 0.6) is 0 Å². The molecule has 0 aliphatic heterocycles. The highest BCUT2D eigenvalue weighted by molar-refractivity contribution is 6.30. The van der Waals surface area contributed by atoms with Crippen molar-refractivity contribution in [2.24, 2.45) is 15.7 Å². The fourth-order valence-corrected chi connectivity index (χ4v) is 2.49. The summed E-state index contributed by atoms with van der Waals surface area (Å²) in [5.74, 6) is 0.900. The van der Waals surface area contributed by atoms with Gasteiger partial charge in [-0.05, 0) is 37.3 Å². The molecule has 3 N–H and O–H groups in total. The first-order chi connectivity index (χ1) is 13.0. The number of halogens is 1. The number of nitrogens with one attached hydrogen (secondary N) is 1. The number of aromatic nitrogens is 2. The molecule has 0 atom stereocenters. The van der Waals surface area contributed by atoms with Gasteiger partial charge in [-0.2, -0.15) is 0 Å². The fraction of sp³-hybridized carbons (Fsp3) is 0.333. The Morgan fingerprint density at radius 1 is 1.37 bits per heavy atom. The van der Waals surface area contributed by atoms with Crippen LogP contribution in [-0.4, -0.2) is 41.9 Å². The van der Waals surface area contributed by atoms with Crippen molar-refractivity contribution in [1.29, 1.82) is 0 Å². The smallest absolute Gasteiger partial charge is 0.407 e. The van der Waals surface area contributed by atoms with Crippen LogP contribution in [-0.2, 0) is 17.8 Å². The molecule has 1 heterocycles. The lowest BCUT2D eigenvalue weighted by molar-refractivity contribution is 0.143. The number of aryl methyl sites for hydroxylation is 1. The molecule has 8 nitrogen and oxygen atoms in total. The Hall–Kier alpha value is -2.87. The third-order valence-electron chi connectivity index (χ3n) is 3.82. The molecule has 1 aromatic heterocycles. The van der Waals surface area contributed by atoms with E-state index in [4.69, 9.17) is 22.1 Å². The van der Waals surface area contributed by atoms with Gasteiger partial charge in [-0.1, -0.05) is 23.7 Å². The van der Waals surface area contributed by atoms with Crippen LogP contribution in [0.25, 0.3) is 0 Å². The number of hydrogen-bond acceptors (Lipinski definition) is 5. The number of hydrogen-bond donors (Lipinski definition) is 2. The maximum absolute atomic E-state index is 11.7. The minimum Gasteiger partial charge on any atom is -0.450 e. The van der Waals surface area contributed by atoms with Crippen LogP contribution in [0.3, 0.4) is 0 Å². The van der Waals surface area contributed by atoms with Crippen molar-refractivity contribution in [2.45, 2.75) is 25.9 Å². The number of nitrogens with two attached hydrogens (primary N) is 1. The van der Waals surface area contributed by atoms with Crippen LogP contribution in [0.2, 0.25) is 5.02 Å². The average Bonchev–Trinajstić information content (AvgIpc) is 3.09. The Kier molecular flexibility index (Phi) is 7.81. The van der Waals surface area contributed by atoms with E-state index in [0.717, 1.165) is 12.0 Å². The van der Waals surface area contributed by atoms with Crippen molar-refractivity contribution in [3.63, 3.8) is 0 Å². The average molecular weight is 391 g/mol. The molecule has 0 fully saturated rings. The van der Waals surface area contributed by atoms with E-state index in [1.54, 1.807) is 25.5 Å². The van der Waals surface area contributed by atoms with Crippen molar-refractivity contribution in [3.8, 4) is 0 Å². The summed E-state index contributed by atoms with van der Waals surface area (Å²) in [6.45, 7) is 4.93. The first kappa shape index (κ1) is 20.4. The molecule has 0 spiro atoms. The van der Waals surface area contributed by atoms with Gasteiger partial charge in [0, 0.05) is 25.2 Å². The summed E-state index contributed by atoms with van der Waals surface area (Å²) in [6.07, 6.45) is 2.69. The summed E-state index contributed by atoms with van der Waals surface area (Å²) in [5, 5.41) is 3.36. The summed E-state index contributed by atoms with van der Waals surface area (Å²) in [7, 11) is 1.59. The predicted octanol–water partition coefficient (Wildman–Crippen LogP) is 2.91. The number of amides is 1. The number of alkyl carbamates (subject to hydrolysis) is 1. The number of imidazole rings is 1. The van der Waals surface area contributed by atoms with E-state index in [1.807, 2.05) is 16.7 Å². The summed E-state index contributed by atoms with van der Waals surface area (Å²) in [6, 6.07) is 7.25. The zero-order valence-corrected chi connectivity index (χ0v) is 15.9. The van der Waals surface area contributed by atoms with Crippen molar-refractivity contribution in [1.82, 2.24) is 14.9 Å². The second-order valence-electron chi connectivity index (χ2n) is 5.70. The monoisotopic (exact) mass is 390 g/mol. The van der Waals surface area contributed by atoms with E-state index < -0.39 is 6.09 Å². The van der Waals surface area contributed by atoms with Gasteiger partial charge in [0.25, 0.3) is 0 Å². The molecule has 0 bridgehead atoms. The number of rotatable bonds is 9. The number of nitrogens with zero attached hydrogens (tertiary/aromatic N) is 4. The molecule has 0 radical (unpaired) electrons. The Balaban J connectivity index is 1.68. The van der Waals surface area contributed by atoms with Crippen molar-refractivity contribution in [3.05, 3.63) is 46.9 Å². The van der Waals surface area contributed by atoms with Crippen molar-refractivity contribution >= 4 is 36.1 Å². The number of ether oxygens (including phenoxy) is 1. The van der Waals surface area contributed by atoms with Gasteiger partial charge in [0.2, 0.25) is 0 Å². The number of benzene rings is 1. The van der Waals surface area contributed by atoms with Crippen LogP contribution in [0, 0.1) is 0 Å². The van der Waals surface area contributed by atoms with E-state index >= 15 is 0 Å². The number of amidine groups is 1. The van der Waals surface area contributed by atoms with Gasteiger partial charge >= 0.3 is 6.09 Å². The standard InChI is InChI=1S/C18H23ClN6O2/c1-21-16(20)15-17(22-2)25(12-24-15)9-3-4-10-27-18(26)23-11-13-5-7-14(19)8-6-13/h5-8,12H,2-4,9-11H2,1H3,(H2,20,21)(H,23,26). The lowest BCUT2D eigenvalue weighted by Gasteiger charge is -2.08. The predicted molar refractivity (Wildman–Crippen MR) is 107 cm³/mol. The molecule has 0 aliphatic rings. The van der Waals surface area contributed by atoms with Gasteiger partial charge in [0.15, 0.2) is 5.82 Å². The highest BCUT2D eigenvalue weighted by Gasteiger charge is 2.12. The normalized spacial score (nSPS) is 11.3. The minimum absolute atomic E-state index is 0.317. The molecule has 0 unspecified atom stereocenters. The van der Waals surface area contributed by atoms with E-state index in [0.29, 0.717) is 48.5 Å². The quantitative estimate of drug-likeness (QED) is 0.390. The Labute approximate surface area is 163 Å². The summed E-state index contributed by atoms with van der Waals surface area (Å²) >= 11 is 5.82. The number of carbonyl (C=O) groups is 1. The molecule has 1 aromatic carbocycles. The third kappa shape index (κ3) is 6.10. The SMILES string of the molecule is C=Nc1c(/C(N)=N\C)ncn1CCCCOC(=O)NCc1ccc(Cl)cc1. The van der Waals surface area contributed by atoms with E-state index in [1.165, 1.54) is 0 Å². The highest BCUT2D eigenvalue weighted by atomic mass is 35.5. The zero-order chi connectivity index (χ0) is 19.6. The van der Waals surface area contributed by atoms with Gasteiger partial charge in [-0.15, -0.1) is 0 Å². The molecule has 27 heavy (non-hydrogen) atoms. The van der Waals surface area contributed by atoms with Gasteiger partial charge in [-0.3, -0.25) is 4.99 Å². The fourth-order valence-electron chi connectivity index (χ4n) is 2.37. The third-order valence-corrected chi connectivity index (χ3v) is 4.07. The van der Waals surface area contributed by atoms with Crippen LogP contribution < -0.4 is 11.1 Å². The molecule has 9 heteroatoms. The summed E-state index contributed by atoms with van der Waals surface area (Å²) in [4.78, 5) is 23.8. The van der Waals surface area contributed by atoms with E-state index in [9.17, 15) is 4.79 Å². The maximum atomic E-state index is 11.7. The summed E-state index contributed by atoms with van der Waals surface area (Å²) < 4.78 is 7.02. The Bertz CT molecular complexity index is 801. The van der Waals surface area contributed by atoms with Gasteiger partial charge in [-0.25, -0.2) is 14.8 Å². The van der Waals surface area contributed by atoms with Crippen molar-refractivity contribution in [2.75, 3.05) is 13.7 Å². The van der Waals surface area contributed by atoms with Crippen LogP contribution >= 0.6 is 11.6 Å². The highest BCUT2D eigenvalue weighted by Crippen LogP contribution is 2.18. The van der Waals surface area contributed by atoms with E-state index in [-0.39, 0.29) is 0 Å². The number of unbranched alkanes of at least 4 members (excludes halogenated alkanes) is 1. The summed E-state index contributed by atoms with van der Waals surface area (Å²) in [5.41, 5.74) is 7.26. The Morgan fingerprint density at radius 2 is 2.11 bits per heavy atom. The Morgan fingerprint density at radius 3 is 2.78 bits per heavy atom. The molecule has 0 saturated carbocycles. The molecule has 144 valence electrons. The molecule has 2 aromatic rings. The maximum Gasteiger partial charge on any atom is 0.407 e. The lowest BCUT2D eigenvalue weighted by Crippen LogP contribution is -2.24. The van der Waals surface area contributed by atoms with Gasteiger partial charge in [0.1, 0.15) is 11.5 Å². The van der Waals surface area contributed by atoms with Crippen LogP contribution in [0.1, 0.15) is 24.1 Å². The first-order valence-corrected chi connectivity index (χ1v) is 8.82. The topological polar surface area (TPSA) is 107 Å². The lowest BCUT2D eigenvalue weighted by atomic mass is 10.2. The molecule has 0 saturated heterocycles. The first-order valence-electron chi connectivity index (χ1n) is 8.44. The van der Waals surface area contributed by atoms with Gasteiger partial charge < -0.3 is 20.4 Å². The van der Waals surface area contributed by atoms with Gasteiger partial charge in [0.05, 0.1) is 12.9 Å². The molecule has 0 aliphatic carbocycles. The molecular weight excluding hydrogens is 368 g/mol. The number of carbonyl (C=O) groups excluding carboxylic acids is 1. The second-order valence-corrected chi connectivity index (χ2v) is 6.14. The van der Waals surface area contributed by atoms with E-state index in [2.05, 4.69) is 27.0 Å². The van der Waals surface area contributed by atoms with Crippen LogP contribution in [0.4, 0.5) is 10.6 Å². The minimum atomic E-state index is -0.449. The van der Waals surface area contributed by atoms with Crippen LogP contribution in [0.15, 0.2) is 40.6 Å². The molecular formula is C18H23ClN6O2. The number of aliphatic imine (C=N–C) groups is 2. The second kappa shape index (κ2) is 10.3. The largest absolute Gasteiger partial charge is 0.450 e.